The highest BCUT2D eigenvalue weighted by molar-refractivity contribution is 7.93. The highest BCUT2D eigenvalue weighted by atomic mass is 32.2. The monoisotopic (exact) mass is 483 g/mol. The summed E-state index contributed by atoms with van der Waals surface area (Å²) in [6.45, 7) is 3.94. The van der Waals surface area contributed by atoms with Gasteiger partial charge in [0.1, 0.15) is 5.69 Å². The Bertz CT molecular complexity index is 1200. The van der Waals surface area contributed by atoms with Crippen LogP contribution in [0.15, 0.2) is 42.9 Å². The maximum absolute atomic E-state index is 12.6. The van der Waals surface area contributed by atoms with Crippen molar-refractivity contribution >= 4 is 33.0 Å². The Balaban J connectivity index is 1.70. The van der Waals surface area contributed by atoms with Crippen molar-refractivity contribution in [2.75, 3.05) is 11.3 Å². The number of halogens is 2. The number of alkyl halides is 2. The standard InChI is InChI=1S/C19H19F2N5O4S2/c1-3-30-16-10-22-8-14(25-16)15-9-23-18(31-15)17(27)24-11(2)12-5-4-6-13(7-12)26-32(28,29)19(20)21/h4-11,19,26H,3H2,1-2H3,(H,24,27)/t11-/m1/s1. The first-order valence-corrected chi connectivity index (χ1v) is 11.7. The number of amides is 1. The van der Waals surface area contributed by atoms with E-state index in [1.54, 1.807) is 13.0 Å². The number of anilines is 1. The molecule has 0 bridgehead atoms. The molecule has 2 N–H and O–H groups in total. The third-order valence-electron chi connectivity index (χ3n) is 4.09. The Labute approximate surface area is 187 Å². The number of aromatic nitrogens is 3. The minimum absolute atomic E-state index is 0.0341. The van der Waals surface area contributed by atoms with Crippen molar-refractivity contribution in [3.05, 3.63) is 53.4 Å². The van der Waals surface area contributed by atoms with Crippen molar-refractivity contribution in [1.82, 2.24) is 20.3 Å². The van der Waals surface area contributed by atoms with Crippen molar-refractivity contribution in [2.24, 2.45) is 0 Å². The van der Waals surface area contributed by atoms with Crippen molar-refractivity contribution in [1.29, 1.82) is 0 Å². The molecule has 0 saturated heterocycles. The summed E-state index contributed by atoms with van der Waals surface area (Å²) in [5.41, 5.74) is 0.993. The molecule has 2 aromatic heterocycles. The van der Waals surface area contributed by atoms with Gasteiger partial charge in [0.05, 0.1) is 29.9 Å². The van der Waals surface area contributed by atoms with E-state index in [-0.39, 0.29) is 10.7 Å². The highest BCUT2D eigenvalue weighted by Gasteiger charge is 2.24. The van der Waals surface area contributed by atoms with Crippen LogP contribution in [0.2, 0.25) is 0 Å². The molecule has 0 aliphatic heterocycles. The van der Waals surface area contributed by atoms with E-state index in [2.05, 4.69) is 20.3 Å². The first-order valence-electron chi connectivity index (χ1n) is 9.31. The van der Waals surface area contributed by atoms with E-state index < -0.39 is 27.7 Å². The number of sulfonamides is 1. The summed E-state index contributed by atoms with van der Waals surface area (Å²) in [4.78, 5) is 25.7. The van der Waals surface area contributed by atoms with Gasteiger partial charge in [-0.15, -0.1) is 11.3 Å². The lowest BCUT2D eigenvalue weighted by atomic mass is 10.1. The molecule has 3 rings (SSSR count). The van der Waals surface area contributed by atoms with Gasteiger partial charge in [-0.3, -0.25) is 14.5 Å². The van der Waals surface area contributed by atoms with Crippen LogP contribution in [0.3, 0.4) is 0 Å². The van der Waals surface area contributed by atoms with Gasteiger partial charge in [0.15, 0.2) is 5.01 Å². The molecule has 0 fully saturated rings. The number of carbonyl (C=O) groups excluding carboxylic acids is 1. The SMILES string of the molecule is CCOc1cncc(-c2cnc(C(=O)N[C@H](C)c3cccc(NS(=O)(=O)C(F)F)c3)s2)n1. The number of hydrogen-bond acceptors (Lipinski definition) is 8. The van der Waals surface area contributed by atoms with Gasteiger partial charge in [0, 0.05) is 11.9 Å². The Hall–Kier alpha value is -3.19. The van der Waals surface area contributed by atoms with Crippen LogP contribution in [0.1, 0.15) is 35.3 Å². The van der Waals surface area contributed by atoms with Gasteiger partial charge in [0.2, 0.25) is 5.88 Å². The Morgan fingerprint density at radius 1 is 1.25 bits per heavy atom. The fourth-order valence-corrected chi connectivity index (χ4v) is 3.92. The van der Waals surface area contributed by atoms with Crippen LogP contribution in [0.25, 0.3) is 10.6 Å². The zero-order valence-corrected chi connectivity index (χ0v) is 18.6. The lowest BCUT2D eigenvalue weighted by Crippen LogP contribution is -2.26. The van der Waals surface area contributed by atoms with E-state index in [0.717, 1.165) is 11.3 Å². The van der Waals surface area contributed by atoms with Gasteiger partial charge in [-0.25, -0.2) is 18.4 Å². The number of rotatable bonds is 9. The number of nitrogens with zero attached hydrogens (tertiary/aromatic N) is 3. The molecule has 170 valence electrons. The van der Waals surface area contributed by atoms with Gasteiger partial charge in [-0.2, -0.15) is 8.78 Å². The second kappa shape index (κ2) is 9.96. The maximum atomic E-state index is 12.6. The molecule has 13 heteroatoms. The average Bonchev–Trinajstić information content (AvgIpc) is 3.24. The molecule has 2 heterocycles. The first-order chi connectivity index (χ1) is 15.2. The average molecular weight is 484 g/mol. The third-order valence-corrected chi connectivity index (χ3v) is 6.09. The molecule has 1 amide bonds. The molecule has 3 aromatic rings. The smallest absolute Gasteiger partial charge is 0.355 e. The van der Waals surface area contributed by atoms with E-state index >= 15 is 0 Å². The number of benzene rings is 1. The molecule has 0 unspecified atom stereocenters. The Kier molecular flexibility index (Phi) is 7.30. The van der Waals surface area contributed by atoms with E-state index in [1.807, 2.05) is 11.6 Å². The molecular weight excluding hydrogens is 464 g/mol. The van der Waals surface area contributed by atoms with Gasteiger partial charge in [0.25, 0.3) is 15.9 Å². The topological polar surface area (TPSA) is 123 Å². The van der Waals surface area contributed by atoms with Crippen LogP contribution < -0.4 is 14.8 Å². The minimum atomic E-state index is -4.79. The predicted octanol–water partition coefficient (Wildman–Crippen LogP) is 3.45. The summed E-state index contributed by atoms with van der Waals surface area (Å²) in [5.74, 6) is -3.65. The van der Waals surface area contributed by atoms with Crippen LogP contribution in [0, 0.1) is 0 Å². The van der Waals surface area contributed by atoms with Crippen molar-refractivity contribution in [3.8, 4) is 16.5 Å². The lowest BCUT2D eigenvalue weighted by molar-refractivity contribution is 0.0939. The van der Waals surface area contributed by atoms with Crippen LogP contribution >= 0.6 is 11.3 Å². The van der Waals surface area contributed by atoms with Gasteiger partial charge in [-0.05, 0) is 31.5 Å². The molecule has 9 nitrogen and oxygen atoms in total. The van der Waals surface area contributed by atoms with E-state index in [9.17, 15) is 22.0 Å². The Morgan fingerprint density at radius 2 is 2.03 bits per heavy atom. The molecule has 32 heavy (non-hydrogen) atoms. The normalized spacial score (nSPS) is 12.4. The zero-order valence-electron chi connectivity index (χ0n) is 17.0. The number of thiazole rings is 1. The lowest BCUT2D eigenvalue weighted by Gasteiger charge is -2.15. The van der Waals surface area contributed by atoms with Gasteiger partial charge < -0.3 is 10.1 Å². The summed E-state index contributed by atoms with van der Waals surface area (Å²) in [7, 11) is -4.79. The van der Waals surface area contributed by atoms with E-state index in [1.165, 1.54) is 36.8 Å². The molecule has 0 radical (unpaired) electrons. The minimum Gasteiger partial charge on any atom is -0.477 e. The first kappa shape index (κ1) is 23.5. The summed E-state index contributed by atoms with van der Waals surface area (Å²) in [6, 6.07) is 5.28. The summed E-state index contributed by atoms with van der Waals surface area (Å²) in [5, 5.41) is 2.93. The third kappa shape index (κ3) is 5.73. The molecule has 0 aliphatic rings. The summed E-state index contributed by atoms with van der Waals surface area (Å²) >= 11 is 1.12. The molecule has 1 atom stereocenters. The van der Waals surface area contributed by atoms with E-state index in [4.69, 9.17) is 4.74 Å². The van der Waals surface area contributed by atoms with Crippen molar-refractivity contribution < 1.29 is 26.7 Å². The van der Waals surface area contributed by atoms with Crippen LogP contribution in [0.4, 0.5) is 14.5 Å². The molecule has 0 saturated carbocycles. The quantitative estimate of drug-likeness (QED) is 0.478. The summed E-state index contributed by atoms with van der Waals surface area (Å²) < 4.78 is 55.0. The van der Waals surface area contributed by atoms with Crippen molar-refractivity contribution in [2.45, 2.75) is 25.6 Å². The van der Waals surface area contributed by atoms with Crippen LogP contribution in [0.5, 0.6) is 5.88 Å². The Morgan fingerprint density at radius 3 is 2.75 bits per heavy atom. The largest absolute Gasteiger partial charge is 0.477 e. The van der Waals surface area contributed by atoms with Gasteiger partial charge in [-0.1, -0.05) is 12.1 Å². The summed E-state index contributed by atoms with van der Waals surface area (Å²) in [6.07, 6.45) is 4.52. The number of nitrogens with one attached hydrogen (secondary N) is 2. The zero-order chi connectivity index (χ0) is 23.3. The fraction of sp³-hybridized carbons (Fsp3) is 0.263. The fourth-order valence-electron chi connectivity index (χ4n) is 2.60. The maximum Gasteiger partial charge on any atom is 0.355 e. The molecule has 0 spiro atoms. The predicted molar refractivity (Wildman–Crippen MR) is 115 cm³/mol. The number of ether oxygens (including phenoxy) is 1. The second-order valence-corrected chi connectivity index (χ2v) is 9.11. The molecule has 1 aromatic carbocycles. The molecule has 0 aliphatic carbocycles. The number of hydrogen-bond donors (Lipinski definition) is 2. The molecular formula is C19H19F2N5O4S2. The highest BCUT2D eigenvalue weighted by Crippen LogP contribution is 2.26. The van der Waals surface area contributed by atoms with Crippen LogP contribution in [-0.4, -0.2) is 41.6 Å². The van der Waals surface area contributed by atoms with E-state index in [0.29, 0.717) is 28.6 Å². The van der Waals surface area contributed by atoms with Gasteiger partial charge >= 0.3 is 5.76 Å². The van der Waals surface area contributed by atoms with Crippen LogP contribution in [-0.2, 0) is 10.0 Å². The second-order valence-electron chi connectivity index (χ2n) is 6.43. The van der Waals surface area contributed by atoms with Crippen molar-refractivity contribution in [3.63, 3.8) is 0 Å². The number of carbonyl (C=O) groups is 1.